The van der Waals surface area contributed by atoms with Crippen molar-refractivity contribution in [3.63, 3.8) is 0 Å². The van der Waals surface area contributed by atoms with Crippen LogP contribution in [-0.2, 0) is 22.7 Å². The molecule has 1 atom stereocenters. The van der Waals surface area contributed by atoms with E-state index >= 15 is 0 Å². The summed E-state index contributed by atoms with van der Waals surface area (Å²) in [6.07, 6.45) is 1.09. The molecule has 0 spiro atoms. The van der Waals surface area contributed by atoms with Crippen LogP contribution in [0.2, 0.25) is 0 Å². The van der Waals surface area contributed by atoms with Crippen LogP contribution in [0.1, 0.15) is 103 Å². The van der Waals surface area contributed by atoms with Crippen LogP contribution in [0.4, 0.5) is 0 Å². The molecule has 0 heterocycles. The quantitative estimate of drug-likeness (QED) is 0.518. The van der Waals surface area contributed by atoms with Crippen LogP contribution >= 0.6 is 0 Å². The highest BCUT2D eigenvalue weighted by Gasteiger charge is 2.29. The second kappa shape index (κ2) is 7.46. The Morgan fingerprint density at radius 2 is 1.11 bits per heavy atom. The van der Waals surface area contributed by atoms with Gasteiger partial charge in [-0.25, -0.2) is 0 Å². The molecular weight excluding hydrogens is 324 g/mol. The summed E-state index contributed by atoms with van der Waals surface area (Å²) in [4.78, 5) is 0. The van der Waals surface area contributed by atoms with Crippen molar-refractivity contribution in [1.29, 1.82) is 0 Å². The molecule has 2 rings (SSSR count). The fraction of sp³-hybridized carbons (Fsp3) is 0.556. The molecule has 0 fully saturated rings. The third-order valence-corrected chi connectivity index (χ3v) is 5.61. The Bertz CT molecular complexity index is 723. The van der Waals surface area contributed by atoms with Crippen molar-refractivity contribution in [2.45, 2.75) is 97.8 Å². The number of hydrogen-bond donors (Lipinski definition) is 0. The SMILES string of the molecule is CC(Cc1c(C(C)(C)C)cc(C(C)(C)C)cc1C(C)(C)C)c1ccccc1. The minimum Gasteiger partial charge on any atom is -0.0622 e. The van der Waals surface area contributed by atoms with Crippen LogP contribution in [0.3, 0.4) is 0 Å². The van der Waals surface area contributed by atoms with Crippen molar-refractivity contribution in [3.05, 3.63) is 70.3 Å². The first-order valence-electron chi connectivity index (χ1n) is 10.4. The Morgan fingerprint density at radius 3 is 1.48 bits per heavy atom. The summed E-state index contributed by atoms with van der Waals surface area (Å²) in [5, 5.41) is 0. The van der Waals surface area contributed by atoms with Crippen molar-refractivity contribution in [1.82, 2.24) is 0 Å². The Morgan fingerprint density at radius 1 is 0.667 bits per heavy atom. The predicted octanol–water partition coefficient (Wildman–Crippen LogP) is 7.93. The lowest BCUT2D eigenvalue weighted by Gasteiger charge is -2.34. The summed E-state index contributed by atoms with van der Waals surface area (Å²) in [7, 11) is 0. The van der Waals surface area contributed by atoms with Gasteiger partial charge in [-0.1, -0.05) is 112 Å². The van der Waals surface area contributed by atoms with Gasteiger partial charge in [0.05, 0.1) is 0 Å². The van der Waals surface area contributed by atoms with Crippen molar-refractivity contribution in [2.24, 2.45) is 0 Å². The number of benzene rings is 2. The summed E-state index contributed by atoms with van der Waals surface area (Å²) >= 11 is 0. The summed E-state index contributed by atoms with van der Waals surface area (Å²) in [6, 6.07) is 15.9. The average Bonchev–Trinajstić information content (AvgIpc) is 2.52. The molecule has 1 unspecified atom stereocenters. The van der Waals surface area contributed by atoms with Crippen LogP contribution in [0.15, 0.2) is 42.5 Å². The van der Waals surface area contributed by atoms with E-state index in [1.165, 1.54) is 22.3 Å². The van der Waals surface area contributed by atoms with Crippen LogP contribution in [0, 0.1) is 0 Å². The number of rotatable bonds is 3. The molecule has 2 aromatic carbocycles. The first kappa shape index (κ1) is 21.7. The zero-order chi connectivity index (χ0) is 20.6. The molecule has 0 bridgehead atoms. The largest absolute Gasteiger partial charge is 0.0622 e. The van der Waals surface area contributed by atoms with E-state index in [-0.39, 0.29) is 16.2 Å². The van der Waals surface area contributed by atoms with E-state index in [0.717, 1.165) is 6.42 Å². The Kier molecular flexibility index (Phi) is 6.00. The van der Waals surface area contributed by atoms with Gasteiger partial charge in [0.1, 0.15) is 0 Å². The molecule has 0 aliphatic rings. The van der Waals surface area contributed by atoms with Gasteiger partial charge in [-0.15, -0.1) is 0 Å². The molecule has 27 heavy (non-hydrogen) atoms. The minimum atomic E-state index is 0.132. The van der Waals surface area contributed by atoms with E-state index in [0.29, 0.717) is 5.92 Å². The summed E-state index contributed by atoms with van der Waals surface area (Å²) in [5.74, 6) is 0.508. The molecule has 148 valence electrons. The minimum absolute atomic E-state index is 0.132. The zero-order valence-corrected chi connectivity index (χ0v) is 19.3. The molecule has 0 nitrogen and oxygen atoms in total. The van der Waals surface area contributed by atoms with Gasteiger partial charge in [0.2, 0.25) is 0 Å². The molecule has 2 aromatic rings. The Hall–Kier alpha value is -1.56. The third-order valence-electron chi connectivity index (χ3n) is 5.61. The van der Waals surface area contributed by atoms with Gasteiger partial charge in [0, 0.05) is 0 Å². The maximum absolute atomic E-state index is 2.49. The molecule has 0 saturated heterocycles. The van der Waals surface area contributed by atoms with E-state index in [1.807, 2.05) is 0 Å². The second-order valence-electron chi connectivity index (χ2n) is 11.3. The second-order valence-corrected chi connectivity index (χ2v) is 11.3. The predicted molar refractivity (Wildman–Crippen MR) is 121 cm³/mol. The maximum Gasteiger partial charge on any atom is -0.0129 e. The fourth-order valence-corrected chi connectivity index (χ4v) is 3.87. The van der Waals surface area contributed by atoms with Gasteiger partial charge < -0.3 is 0 Å². The van der Waals surface area contributed by atoms with Gasteiger partial charge in [0.15, 0.2) is 0 Å². The van der Waals surface area contributed by atoms with Crippen molar-refractivity contribution >= 4 is 0 Å². The molecule has 0 heteroatoms. The van der Waals surface area contributed by atoms with E-state index in [9.17, 15) is 0 Å². The highest BCUT2D eigenvalue weighted by atomic mass is 14.3. The van der Waals surface area contributed by atoms with Crippen LogP contribution in [0.5, 0.6) is 0 Å². The lowest BCUT2D eigenvalue weighted by molar-refractivity contribution is 0.532. The van der Waals surface area contributed by atoms with Gasteiger partial charge in [-0.3, -0.25) is 0 Å². The van der Waals surface area contributed by atoms with Gasteiger partial charge >= 0.3 is 0 Å². The zero-order valence-electron chi connectivity index (χ0n) is 19.3. The lowest BCUT2D eigenvalue weighted by Crippen LogP contribution is -2.25. The fourth-order valence-electron chi connectivity index (χ4n) is 3.87. The molecule has 0 radical (unpaired) electrons. The third kappa shape index (κ3) is 5.24. The first-order chi connectivity index (χ1) is 12.2. The van der Waals surface area contributed by atoms with E-state index < -0.39 is 0 Å². The van der Waals surface area contributed by atoms with Gasteiger partial charge in [0.25, 0.3) is 0 Å². The summed E-state index contributed by atoms with van der Waals surface area (Å²) in [6.45, 7) is 23.5. The lowest BCUT2D eigenvalue weighted by atomic mass is 9.70. The Labute approximate surface area is 168 Å². The molecule has 0 N–H and O–H groups in total. The molecular formula is C27H40. The van der Waals surface area contributed by atoms with Gasteiger partial charge in [-0.05, 0) is 56.4 Å². The van der Waals surface area contributed by atoms with Crippen molar-refractivity contribution in [2.75, 3.05) is 0 Å². The molecule has 0 aliphatic heterocycles. The highest BCUT2D eigenvalue weighted by Crippen LogP contribution is 2.40. The molecule has 0 aromatic heterocycles. The maximum atomic E-state index is 2.49. The molecule has 0 amide bonds. The topological polar surface area (TPSA) is 0 Å². The van der Waals surface area contributed by atoms with Crippen LogP contribution in [0.25, 0.3) is 0 Å². The molecule has 0 saturated carbocycles. The molecule has 0 aliphatic carbocycles. The van der Waals surface area contributed by atoms with Gasteiger partial charge in [-0.2, -0.15) is 0 Å². The van der Waals surface area contributed by atoms with E-state index in [1.54, 1.807) is 5.56 Å². The Balaban J connectivity index is 2.69. The van der Waals surface area contributed by atoms with Crippen LogP contribution in [-0.4, -0.2) is 0 Å². The normalized spacial score (nSPS) is 14.3. The summed E-state index contributed by atoms with van der Waals surface area (Å²) < 4.78 is 0. The van der Waals surface area contributed by atoms with Crippen LogP contribution < -0.4 is 0 Å². The number of hydrogen-bond acceptors (Lipinski definition) is 0. The van der Waals surface area contributed by atoms with E-state index in [4.69, 9.17) is 0 Å². The standard InChI is InChI=1S/C27H40/c1-19(20-14-12-11-13-15-20)16-22-23(26(5,6)7)17-21(25(2,3)4)18-24(22)27(8,9)10/h11-15,17-19H,16H2,1-10H3. The highest BCUT2D eigenvalue weighted by molar-refractivity contribution is 5.48. The summed E-state index contributed by atoms with van der Waals surface area (Å²) in [5.41, 5.74) is 7.89. The smallest absolute Gasteiger partial charge is 0.0129 e. The van der Waals surface area contributed by atoms with Crippen molar-refractivity contribution < 1.29 is 0 Å². The monoisotopic (exact) mass is 364 g/mol. The van der Waals surface area contributed by atoms with E-state index in [2.05, 4.69) is 112 Å². The first-order valence-corrected chi connectivity index (χ1v) is 10.4. The average molecular weight is 365 g/mol. The van der Waals surface area contributed by atoms with Crippen molar-refractivity contribution in [3.8, 4) is 0 Å².